The van der Waals surface area contributed by atoms with Gasteiger partial charge in [-0.3, -0.25) is 0 Å². The molecule has 0 atom stereocenters. The van der Waals surface area contributed by atoms with Crippen molar-refractivity contribution in [1.29, 1.82) is 0 Å². The Kier molecular flexibility index (Phi) is 6.21. The highest BCUT2D eigenvalue weighted by molar-refractivity contribution is 5.67. The Morgan fingerprint density at radius 2 is 1.67 bits per heavy atom. The van der Waals surface area contributed by atoms with E-state index in [0.717, 1.165) is 12.8 Å². The van der Waals surface area contributed by atoms with E-state index >= 15 is 0 Å². The molecule has 0 saturated heterocycles. The van der Waals surface area contributed by atoms with E-state index < -0.39 is 0 Å². The predicted molar refractivity (Wildman–Crippen MR) is 60.9 cm³/mol. The largest absolute Gasteiger partial charge is 0.450 e. The Labute approximate surface area is 92.6 Å². The molecule has 0 aliphatic heterocycles. The zero-order valence-electron chi connectivity index (χ0n) is 9.76. The van der Waals surface area contributed by atoms with E-state index in [-0.39, 0.29) is 6.09 Å². The van der Waals surface area contributed by atoms with Crippen LogP contribution in [-0.2, 0) is 4.74 Å². The lowest BCUT2D eigenvalue weighted by Gasteiger charge is -2.17. The van der Waals surface area contributed by atoms with Gasteiger partial charge in [0.25, 0.3) is 0 Å². The number of ether oxygens (including phenoxy) is 1. The van der Waals surface area contributed by atoms with Crippen molar-refractivity contribution in [1.82, 2.24) is 5.32 Å². The topological polar surface area (TPSA) is 38.3 Å². The van der Waals surface area contributed by atoms with Crippen LogP contribution in [-0.4, -0.2) is 18.7 Å². The molecule has 0 bridgehead atoms. The summed E-state index contributed by atoms with van der Waals surface area (Å²) in [5.74, 6) is 0. The highest BCUT2D eigenvalue weighted by atomic mass is 16.5. The van der Waals surface area contributed by atoms with Gasteiger partial charge in [0.15, 0.2) is 0 Å². The van der Waals surface area contributed by atoms with Gasteiger partial charge in [-0.1, -0.05) is 38.5 Å². The summed E-state index contributed by atoms with van der Waals surface area (Å²) in [5.41, 5.74) is 0. The van der Waals surface area contributed by atoms with Crippen LogP contribution in [0.4, 0.5) is 4.79 Å². The Morgan fingerprint density at radius 1 is 1.13 bits per heavy atom. The number of amides is 1. The van der Waals surface area contributed by atoms with Gasteiger partial charge in [0.2, 0.25) is 0 Å². The molecule has 0 aromatic carbocycles. The molecule has 1 rings (SSSR count). The van der Waals surface area contributed by atoms with Crippen molar-refractivity contribution in [2.75, 3.05) is 6.61 Å². The Bertz CT molecular complexity index is 172. The van der Waals surface area contributed by atoms with Gasteiger partial charge >= 0.3 is 6.09 Å². The summed E-state index contributed by atoms with van der Waals surface area (Å²) in [7, 11) is 0. The van der Waals surface area contributed by atoms with E-state index in [2.05, 4.69) is 5.32 Å². The minimum absolute atomic E-state index is 0.248. The van der Waals surface area contributed by atoms with Crippen molar-refractivity contribution >= 4 is 6.09 Å². The summed E-state index contributed by atoms with van der Waals surface area (Å²) in [6.45, 7) is 2.29. The van der Waals surface area contributed by atoms with Gasteiger partial charge in [-0.2, -0.15) is 0 Å². The average Bonchev–Trinajstić information content (AvgIpc) is 2.32. The summed E-state index contributed by atoms with van der Waals surface area (Å²) in [6.07, 6.45) is 9.76. The van der Waals surface area contributed by atoms with Crippen molar-refractivity contribution in [3.05, 3.63) is 0 Å². The van der Waals surface area contributed by atoms with Crippen LogP contribution in [0.15, 0.2) is 0 Å². The van der Waals surface area contributed by atoms with Crippen LogP contribution >= 0.6 is 0 Å². The van der Waals surface area contributed by atoms with Crippen molar-refractivity contribution in [3.63, 3.8) is 0 Å². The standard InChI is InChI=1S/C12H23NO2/c1-2-15-12(14)13-11-9-7-5-3-4-6-8-10-11/h11H,2-10H2,1H3,(H,13,14). The van der Waals surface area contributed by atoms with E-state index in [4.69, 9.17) is 4.74 Å². The van der Waals surface area contributed by atoms with E-state index in [1.54, 1.807) is 0 Å². The third kappa shape index (κ3) is 5.65. The van der Waals surface area contributed by atoms with Gasteiger partial charge in [0, 0.05) is 6.04 Å². The van der Waals surface area contributed by atoms with Crippen LogP contribution in [0.25, 0.3) is 0 Å². The van der Waals surface area contributed by atoms with Crippen molar-refractivity contribution < 1.29 is 9.53 Å². The molecule has 0 unspecified atom stereocenters. The van der Waals surface area contributed by atoms with Gasteiger partial charge in [-0.25, -0.2) is 4.79 Å². The zero-order chi connectivity index (χ0) is 10.9. The minimum atomic E-state index is -0.248. The van der Waals surface area contributed by atoms with Gasteiger partial charge in [-0.15, -0.1) is 0 Å². The molecular formula is C12H23NO2. The van der Waals surface area contributed by atoms with E-state index in [0.29, 0.717) is 12.6 Å². The molecule has 1 fully saturated rings. The Morgan fingerprint density at radius 3 is 2.20 bits per heavy atom. The fraction of sp³-hybridized carbons (Fsp3) is 0.917. The van der Waals surface area contributed by atoms with E-state index in [1.165, 1.54) is 38.5 Å². The van der Waals surface area contributed by atoms with Crippen molar-refractivity contribution in [3.8, 4) is 0 Å². The highest BCUT2D eigenvalue weighted by Crippen LogP contribution is 2.16. The molecule has 1 aliphatic carbocycles. The van der Waals surface area contributed by atoms with Crippen LogP contribution in [0.3, 0.4) is 0 Å². The maximum atomic E-state index is 11.3. The maximum absolute atomic E-state index is 11.3. The molecule has 0 heterocycles. The summed E-state index contributed by atoms with van der Waals surface area (Å²) in [6, 6.07) is 0.335. The molecule has 1 aliphatic rings. The summed E-state index contributed by atoms with van der Waals surface area (Å²) in [4.78, 5) is 11.3. The number of alkyl carbamates (subject to hydrolysis) is 1. The second-order valence-corrected chi connectivity index (χ2v) is 4.26. The fourth-order valence-electron chi connectivity index (χ4n) is 2.12. The second kappa shape index (κ2) is 7.55. The average molecular weight is 213 g/mol. The van der Waals surface area contributed by atoms with Crippen LogP contribution in [0.5, 0.6) is 0 Å². The van der Waals surface area contributed by atoms with Crippen LogP contribution in [0, 0.1) is 0 Å². The van der Waals surface area contributed by atoms with Crippen LogP contribution in [0.2, 0.25) is 0 Å². The third-order valence-electron chi connectivity index (χ3n) is 2.95. The number of hydrogen-bond acceptors (Lipinski definition) is 2. The third-order valence-corrected chi connectivity index (χ3v) is 2.95. The molecule has 0 aromatic heterocycles. The smallest absolute Gasteiger partial charge is 0.407 e. The lowest BCUT2D eigenvalue weighted by molar-refractivity contribution is 0.146. The molecule has 1 amide bonds. The Balaban J connectivity index is 2.26. The van der Waals surface area contributed by atoms with Gasteiger partial charge in [-0.05, 0) is 19.8 Å². The molecule has 0 radical (unpaired) electrons. The number of nitrogens with one attached hydrogen (secondary N) is 1. The molecule has 1 saturated carbocycles. The lowest BCUT2D eigenvalue weighted by Crippen LogP contribution is -2.35. The number of carbonyl (C=O) groups is 1. The molecule has 3 heteroatoms. The number of rotatable bonds is 2. The summed E-state index contributed by atoms with van der Waals surface area (Å²) in [5, 5.41) is 2.95. The van der Waals surface area contributed by atoms with E-state index in [9.17, 15) is 4.79 Å². The predicted octanol–water partition coefficient (Wildman–Crippen LogP) is 3.24. The second-order valence-electron chi connectivity index (χ2n) is 4.26. The van der Waals surface area contributed by atoms with Gasteiger partial charge < -0.3 is 10.1 Å². The molecule has 0 spiro atoms. The van der Waals surface area contributed by atoms with Crippen LogP contribution in [0.1, 0.15) is 58.3 Å². The Hall–Kier alpha value is -0.730. The first kappa shape index (κ1) is 12.3. The summed E-state index contributed by atoms with van der Waals surface area (Å²) < 4.78 is 4.90. The number of carbonyl (C=O) groups excluding carboxylic acids is 1. The molecule has 3 nitrogen and oxygen atoms in total. The molecule has 15 heavy (non-hydrogen) atoms. The fourth-order valence-corrected chi connectivity index (χ4v) is 2.12. The minimum Gasteiger partial charge on any atom is -0.450 e. The van der Waals surface area contributed by atoms with Gasteiger partial charge in [0.1, 0.15) is 0 Å². The lowest BCUT2D eigenvalue weighted by atomic mass is 10.1. The van der Waals surface area contributed by atoms with E-state index in [1.807, 2.05) is 6.92 Å². The normalized spacial score (nSPS) is 19.8. The quantitative estimate of drug-likeness (QED) is 0.764. The molecular weight excluding hydrogens is 190 g/mol. The van der Waals surface area contributed by atoms with Gasteiger partial charge in [0.05, 0.1) is 6.61 Å². The highest BCUT2D eigenvalue weighted by Gasteiger charge is 2.13. The monoisotopic (exact) mass is 213 g/mol. The molecule has 1 N–H and O–H groups in total. The molecule has 88 valence electrons. The first-order chi connectivity index (χ1) is 7.33. The first-order valence-electron chi connectivity index (χ1n) is 6.26. The van der Waals surface area contributed by atoms with Crippen molar-refractivity contribution in [2.24, 2.45) is 0 Å². The van der Waals surface area contributed by atoms with Crippen LogP contribution < -0.4 is 5.32 Å². The summed E-state index contributed by atoms with van der Waals surface area (Å²) >= 11 is 0. The molecule has 0 aromatic rings. The van der Waals surface area contributed by atoms with Crippen molar-refractivity contribution in [2.45, 2.75) is 64.3 Å². The maximum Gasteiger partial charge on any atom is 0.407 e. The SMILES string of the molecule is CCOC(=O)NC1CCCCCCCC1. The number of hydrogen-bond donors (Lipinski definition) is 1. The first-order valence-corrected chi connectivity index (χ1v) is 6.26. The zero-order valence-corrected chi connectivity index (χ0v) is 9.76.